The molecule has 0 fully saturated rings. The number of carbonyl (C=O) groups is 1. The molecule has 0 bridgehead atoms. The van der Waals surface area contributed by atoms with Gasteiger partial charge in [-0.15, -0.1) is 11.3 Å². The largest absolute Gasteiger partial charge is 0.325 e. The number of rotatable bonds is 4. The fourth-order valence-electron chi connectivity index (χ4n) is 3.06. The van der Waals surface area contributed by atoms with E-state index in [-0.39, 0.29) is 17.5 Å². The molecule has 0 atom stereocenters. The number of hydrogen-bond donors (Lipinski definition) is 1. The van der Waals surface area contributed by atoms with E-state index in [4.69, 9.17) is 0 Å². The molecule has 0 unspecified atom stereocenters. The summed E-state index contributed by atoms with van der Waals surface area (Å²) in [5.41, 5.74) is 2.69. The number of halogens is 1. The smallest absolute Gasteiger partial charge is 0.234 e. The van der Waals surface area contributed by atoms with Crippen LogP contribution >= 0.6 is 23.1 Å². The average molecular weight is 373 g/mol. The molecule has 0 saturated heterocycles. The lowest BCUT2D eigenvalue weighted by Gasteiger charge is -2.08. The summed E-state index contributed by atoms with van der Waals surface area (Å²) in [6.07, 6.45) is 4.91. The molecule has 1 aromatic carbocycles. The summed E-state index contributed by atoms with van der Waals surface area (Å²) < 4.78 is 13.3. The van der Waals surface area contributed by atoms with E-state index in [0.717, 1.165) is 33.6 Å². The third kappa shape index (κ3) is 3.26. The highest BCUT2D eigenvalue weighted by molar-refractivity contribution is 8.00. The molecule has 1 amide bonds. The SMILES string of the molecule is Cc1ccc(F)cc1NC(=O)CSc1ncnc2sc3c(c12)CCC3. The van der Waals surface area contributed by atoms with E-state index >= 15 is 0 Å². The maximum atomic E-state index is 13.3. The van der Waals surface area contributed by atoms with E-state index in [9.17, 15) is 9.18 Å². The molecule has 2 aromatic heterocycles. The Hall–Kier alpha value is -1.99. The van der Waals surface area contributed by atoms with Crippen molar-refractivity contribution in [2.75, 3.05) is 11.1 Å². The van der Waals surface area contributed by atoms with E-state index in [1.54, 1.807) is 23.7 Å². The Morgan fingerprint density at radius 1 is 1.36 bits per heavy atom. The number of anilines is 1. The fourth-order valence-corrected chi connectivity index (χ4v) is 5.18. The van der Waals surface area contributed by atoms with Gasteiger partial charge in [-0.1, -0.05) is 17.8 Å². The minimum atomic E-state index is -0.361. The van der Waals surface area contributed by atoms with Gasteiger partial charge in [-0.2, -0.15) is 0 Å². The van der Waals surface area contributed by atoms with Crippen LogP contribution in [-0.2, 0) is 17.6 Å². The van der Waals surface area contributed by atoms with Crippen LogP contribution in [0.1, 0.15) is 22.4 Å². The van der Waals surface area contributed by atoms with Gasteiger partial charge in [0, 0.05) is 16.0 Å². The molecule has 4 rings (SSSR count). The maximum absolute atomic E-state index is 13.3. The number of carbonyl (C=O) groups excluding carboxylic acids is 1. The Morgan fingerprint density at radius 3 is 3.12 bits per heavy atom. The molecule has 0 saturated carbocycles. The molecule has 0 aliphatic heterocycles. The average Bonchev–Trinajstić information content (AvgIpc) is 3.17. The van der Waals surface area contributed by atoms with Gasteiger partial charge in [-0.05, 0) is 49.4 Å². The maximum Gasteiger partial charge on any atom is 0.234 e. The lowest BCUT2D eigenvalue weighted by Crippen LogP contribution is -2.15. The molecule has 1 aliphatic rings. The van der Waals surface area contributed by atoms with Gasteiger partial charge < -0.3 is 5.32 Å². The highest BCUT2D eigenvalue weighted by Gasteiger charge is 2.21. The Bertz CT molecular complexity index is 970. The second-order valence-corrected chi connectivity index (χ2v) is 8.06. The van der Waals surface area contributed by atoms with Crippen LogP contribution < -0.4 is 5.32 Å². The number of hydrogen-bond acceptors (Lipinski definition) is 5. The standard InChI is InChI=1S/C18H16FN3OS2/c1-10-5-6-11(19)7-13(10)22-15(23)8-24-17-16-12-3-2-4-14(12)25-18(16)21-9-20-17/h5-7,9H,2-4,8H2,1H3,(H,22,23). The molecule has 1 aliphatic carbocycles. The second-order valence-electron chi connectivity index (χ2n) is 6.01. The topological polar surface area (TPSA) is 54.9 Å². The zero-order valence-electron chi connectivity index (χ0n) is 13.6. The number of fused-ring (bicyclic) bond motifs is 3. The highest BCUT2D eigenvalue weighted by Crippen LogP contribution is 2.39. The molecule has 25 heavy (non-hydrogen) atoms. The summed E-state index contributed by atoms with van der Waals surface area (Å²) in [5, 5.41) is 4.74. The number of amides is 1. The van der Waals surface area contributed by atoms with Gasteiger partial charge in [0.2, 0.25) is 5.91 Å². The van der Waals surface area contributed by atoms with Crippen molar-refractivity contribution in [3.63, 3.8) is 0 Å². The molecule has 0 radical (unpaired) electrons. The van der Waals surface area contributed by atoms with Gasteiger partial charge in [-0.3, -0.25) is 4.79 Å². The number of thioether (sulfide) groups is 1. The molecule has 3 aromatic rings. The van der Waals surface area contributed by atoms with Crippen molar-refractivity contribution in [2.24, 2.45) is 0 Å². The molecular formula is C18H16FN3OS2. The van der Waals surface area contributed by atoms with Crippen molar-refractivity contribution in [3.8, 4) is 0 Å². The quantitative estimate of drug-likeness (QED) is 0.545. The van der Waals surface area contributed by atoms with Crippen molar-refractivity contribution in [1.29, 1.82) is 0 Å². The lowest BCUT2D eigenvalue weighted by atomic mass is 10.2. The minimum Gasteiger partial charge on any atom is -0.325 e. The number of aromatic nitrogens is 2. The monoisotopic (exact) mass is 373 g/mol. The predicted molar refractivity (Wildman–Crippen MR) is 99.9 cm³/mol. The predicted octanol–water partition coefficient (Wildman–Crippen LogP) is 4.36. The number of benzene rings is 1. The first kappa shape index (κ1) is 16.5. The highest BCUT2D eigenvalue weighted by atomic mass is 32.2. The van der Waals surface area contributed by atoms with Crippen LogP contribution in [0.2, 0.25) is 0 Å². The molecule has 2 heterocycles. The van der Waals surface area contributed by atoms with Gasteiger partial charge >= 0.3 is 0 Å². The fraction of sp³-hybridized carbons (Fsp3) is 0.278. The van der Waals surface area contributed by atoms with Crippen molar-refractivity contribution < 1.29 is 9.18 Å². The molecule has 128 valence electrons. The van der Waals surface area contributed by atoms with E-state index < -0.39 is 0 Å². The second kappa shape index (κ2) is 6.72. The summed E-state index contributed by atoms with van der Waals surface area (Å²) >= 11 is 3.14. The Morgan fingerprint density at radius 2 is 2.24 bits per heavy atom. The van der Waals surface area contributed by atoms with Crippen LogP contribution in [0.15, 0.2) is 29.6 Å². The third-order valence-corrected chi connectivity index (χ3v) is 6.47. The molecule has 0 spiro atoms. The normalized spacial score (nSPS) is 13.2. The zero-order valence-corrected chi connectivity index (χ0v) is 15.3. The van der Waals surface area contributed by atoms with Gasteiger partial charge in [0.25, 0.3) is 0 Å². The summed E-state index contributed by atoms with van der Waals surface area (Å²) in [6, 6.07) is 4.38. The summed E-state index contributed by atoms with van der Waals surface area (Å²) in [6.45, 7) is 1.84. The van der Waals surface area contributed by atoms with Crippen molar-refractivity contribution in [3.05, 3.63) is 46.3 Å². The number of nitrogens with one attached hydrogen (secondary N) is 1. The molecule has 4 nitrogen and oxygen atoms in total. The van der Waals surface area contributed by atoms with Crippen LogP contribution in [0.25, 0.3) is 10.2 Å². The summed E-state index contributed by atoms with van der Waals surface area (Å²) in [4.78, 5) is 23.4. The van der Waals surface area contributed by atoms with E-state index in [0.29, 0.717) is 5.69 Å². The first-order chi connectivity index (χ1) is 12.1. The molecule has 7 heteroatoms. The van der Waals surface area contributed by atoms with Crippen LogP contribution in [0.4, 0.5) is 10.1 Å². The van der Waals surface area contributed by atoms with Gasteiger partial charge in [0.05, 0.1) is 5.75 Å². The number of thiophene rings is 1. The number of nitrogens with zero attached hydrogens (tertiary/aromatic N) is 2. The molecular weight excluding hydrogens is 357 g/mol. The third-order valence-electron chi connectivity index (χ3n) is 4.28. The zero-order chi connectivity index (χ0) is 17.4. The van der Waals surface area contributed by atoms with Crippen molar-refractivity contribution in [1.82, 2.24) is 9.97 Å². The van der Waals surface area contributed by atoms with E-state index in [2.05, 4.69) is 15.3 Å². The Kier molecular flexibility index (Phi) is 4.43. The lowest BCUT2D eigenvalue weighted by molar-refractivity contribution is -0.113. The van der Waals surface area contributed by atoms with Crippen LogP contribution in [0, 0.1) is 12.7 Å². The number of aryl methyl sites for hydroxylation is 3. The summed E-state index contributed by atoms with van der Waals surface area (Å²) in [7, 11) is 0. The van der Waals surface area contributed by atoms with Gasteiger partial charge in [0.15, 0.2) is 0 Å². The first-order valence-corrected chi connectivity index (χ1v) is 9.86. The first-order valence-electron chi connectivity index (χ1n) is 8.06. The van der Waals surface area contributed by atoms with E-state index in [1.165, 1.54) is 40.8 Å². The van der Waals surface area contributed by atoms with Crippen LogP contribution in [-0.4, -0.2) is 21.6 Å². The van der Waals surface area contributed by atoms with Crippen molar-refractivity contribution in [2.45, 2.75) is 31.2 Å². The van der Waals surface area contributed by atoms with Crippen molar-refractivity contribution >= 4 is 44.9 Å². The van der Waals surface area contributed by atoms with E-state index in [1.807, 2.05) is 6.92 Å². The van der Waals surface area contributed by atoms with Crippen LogP contribution in [0.5, 0.6) is 0 Å². The Balaban J connectivity index is 1.51. The minimum absolute atomic E-state index is 0.169. The van der Waals surface area contributed by atoms with Gasteiger partial charge in [-0.25, -0.2) is 14.4 Å². The van der Waals surface area contributed by atoms with Gasteiger partial charge in [0.1, 0.15) is 22.0 Å². The molecule has 1 N–H and O–H groups in total. The van der Waals surface area contributed by atoms with Crippen LogP contribution in [0.3, 0.4) is 0 Å². The Labute approximate surface area is 152 Å². The summed E-state index contributed by atoms with van der Waals surface area (Å²) in [5.74, 6) is -0.301.